The average molecular weight is 347 g/mol. The second kappa shape index (κ2) is 4.93. The molecule has 0 radical (unpaired) electrons. The third-order valence-corrected chi connectivity index (χ3v) is 3.08. The standard InChI is InChI=1S/C11H6Br2FNO/c12-8-4-3-7(14)6-10(8)16-11-9(13)2-1-5-15-11/h1-6H. The summed E-state index contributed by atoms with van der Waals surface area (Å²) in [6.07, 6.45) is 1.60. The van der Waals surface area contributed by atoms with Gasteiger partial charge in [-0.3, -0.25) is 0 Å². The van der Waals surface area contributed by atoms with Crippen LogP contribution in [0, 0.1) is 5.82 Å². The zero-order chi connectivity index (χ0) is 11.5. The van der Waals surface area contributed by atoms with Crippen LogP contribution >= 0.6 is 31.9 Å². The quantitative estimate of drug-likeness (QED) is 0.796. The van der Waals surface area contributed by atoms with E-state index in [4.69, 9.17) is 4.74 Å². The van der Waals surface area contributed by atoms with E-state index in [1.165, 1.54) is 12.1 Å². The van der Waals surface area contributed by atoms with Gasteiger partial charge in [0.2, 0.25) is 5.88 Å². The van der Waals surface area contributed by atoms with Crippen LogP contribution in [0.25, 0.3) is 0 Å². The zero-order valence-corrected chi connectivity index (χ0v) is 11.1. The lowest BCUT2D eigenvalue weighted by Crippen LogP contribution is -1.90. The van der Waals surface area contributed by atoms with Gasteiger partial charge in [0.15, 0.2) is 0 Å². The summed E-state index contributed by atoms with van der Waals surface area (Å²) in [4.78, 5) is 4.03. The highest BCUT2D eigenvalue weighted by atomic mass is 79.9. The molecule has 1 aromatic heterocycles. The van der Waals surface area contributed by atoms with Crippen LogP contribution in [0.2, 0.25) is 0 Å². The van der Waals surface area contributed by atoms with Crippen LogP contribution in [-0.2, 0) is 0 Å². The monoisotopic (exact) mass is 345 g/mol. The lowest BCUT2D eigenvalue weighted by Gasteiger charge is -2.07. The summed E-state index contributed by atoms with van der Waals surface area (Å²) in [6.45, 7) is 0. The maximum atomic E-state index is 13.0. The molecule has 0 aliphatic carbocycles. The van der Waals surface area contributed by atoms with Crippen LogP contribution in [0.1, 0.15) is 0 Å². The van der Waals surface area contributed by atoms with Crippen LogP contribution in [0.5, 0.6) is 11.6 Å². The molecule has 0 atom stereocenters. The number of rotatable bonds is 2. The van der Waals surface area contributed by atoms with Crippen molar-refractivity contribution in [2.75, 3.05) is 0 Å². The van der Waals surface area contributed by atoms with Crippen molar-refractivity contribution in [1.29, 1.82) is 0 Å². The van der Waals surface area contributed by atoms with Crippen molar-refractivity contribution < 1.29 is 9.13 Å². The fourth-order valence-electron chi connectivity index (χ4n) is 1.11. The highest BCUT2D eigenvalue weighted by Gasteiger charge is 2.07. The normalized spacial score (nSPS) is 10.2. The van der Waals surface area contributed by atoms with E-state index in [2.05, 4.69) is 36.8 Å². The first-order chi connectivity index (χ1) is 7.66. The van der Waals surface area contributed by atoms with Gasteiger partial charge in [-0.1, -0.05) is 0 Å². The Morgan fingerprint density at radius 1 is 1.12 bits per heavy atom. The van der Waals surface area contributed by atoms with Crippen molar-refractivity contribution >= 4 is 31.9 Å². The first kappa shape index (κ1) is 11.5. The SMILES string of the molecule is Fc1ccc(Br)c(Oc2ncccc2Br)c1. The molecule has 0 amide bonds. The molecule has 2 nitrogen and oxygen atoms in total. The van der Waals surface area contributed by atoms with Gasteiger partial charge in [0, 0.05) is 12.3 Å². The van der Waals surface area contributed by atoms with Crippen LogP contribution < -0.4 is 4.74 Å². The topological polar surface area (TPSA) is 22.1 Å². The van der Waals surface area contributed by atoms with Crippen molar-refractivity contribution in [3.63, 3.8) is 0 Å². The third kappa shape index (κ3) is 2.59. The van der Waals surface area contributed by atoms with Crippen molar-refractivity contribution in [2.45, 2.75) is 0 Å². The number of halogens is 3. The van der Waals surface area contributed by atoms with Crippen molar-refractivity contribution in [3.8, 4) is 11.6 Å². The number of nitrogens with zero attached hydrogens (tertiary/aromatic N) is 1. The highest BCUT2D eigenvalue weighted by Crippen LogP contribution is 2.32. The van der Waals surface area contributed by atoms with Gasteiger partial charge >= 0.3 is 0 Å². The van der Waals surface area contributed by atoms with E-state index in [0.717, 1.165) is 0 Å². The minimum atomic E-state index is -0.356. The molecular formula is C11H6Br2FNO. The van der Waals surface area contributed by atoms with Gasteiger partial charge in [-0.2, -0.15) is 0 Å². The first-order valence-electron chi connectivity index (χ1n) is 4.40. The van der Waals surface area contributed by atoms with Gasteiger partial charge < -0.3 is 4.74 Å². The fraction of sp³-hybridized carbons (Fsp3) is 0. The number of aromatic nitrogens is 1. The Hall–Kier alpha value is -0.940. The lowest BCUT2D eigenvalue weighted by atomic mass is 10.3. The molecule has 0 bridgehead atoms. The molecule has 2 aromatic rings. The maximum absolute atomic E-state index is 13.0. The van der Waals surface area contributed by atoms with Gasteiger partial charge in [0.1, 0.15) is 11.6 Å². The van der Waals surface area contributed by atoms with Gasteiger partial charge in [-0.15, -0.1) is 0 Å². The van der Waals surface area contributed by atoms with Crippen molar-refractivity contribution in [3.05, 3.63) is 51.3 Å². The van der Waals surface area contributed by atoms with E-state index in [1.54, 1.807) is 24.4 Å². The number of hydrogen-bond donors (Lipinski definition) is 0. The van der Waals surface area contributed by atoms with Gasteiger partial charge in [0.25, 0.3) is 0 Å². The summed E-state index contributed by atoms with van der Waals surface area (Å²) in [5, 5.41) is 0. The van der Waals surface area contributed by atoms with E-state index >= 15 is 0 Å². The summed E-state index contributed by atoms with van der Waals surface area (Å²) in [7, 11) is 0. The van der Waals surface area contributed by atoms with Crippen LogP contribution in [0.4, 0.5) is 4.39 Å². The average Bonchev–Trinajstić information content (AvgIpc) is 2.27. The molecule has 82 valence electrons. The van der Waals surface area contributed by atoms with E-state index < -0.39 is 0 Å². The minimum Gasteiger partial charge on any atom is -0.437 e. The van der Waals surface area contributed by atoms with Gasteiger partial charge in [0.05, 0.1) is 8.95 Å². The molecule has 0 saturated heterocycles. The predicted octanol–water partition coefficient (Wildman–Crippen LogP) is 4.54. The van der Waals surface area contributed by atoms with E-state index in [9.17, 15) is 4.39 Å². The second-order valence-corrected chi connectivity index (χ2v) is 4.68. The number of ether oxygens (including phenoxy) is 1. The third-order valence-electron chi connectivity index (χ3n) is 1.82. The van der Waals surface area contributed by atoms with Crippen LogP contribution in [-0.4, -0.2) is 4.98 Å². The Bertz CT molecular complexity index is 519. The van der Waals surface area contributed by atoms with Gasteiger partial charge in [-0.05, 0) is 56.1 Å². The molecular weight excluding hydrogens is 341 g/mol. The molecule has 0 fully saturated rings. The van der Waals surface area contributed by atoms with E-state index in [0.29, 0.717) is 20.6 Å². The summed E-state index contributed by atoms with van der Waals surface area (Å²) in [5.41, 5.74) is 0. The summed E-state index contributed by atoms with van der Waals surface area (Å²) < 4.78 is 19.9. The van der Waals surface area contributed by atoms with Crippen LogP contribution in [0.3, 0.4) is 0 Å². The number of hydrogen-bond acceptors (Lipinski definition) is 2. The molecule has 0 N–H and O–H groups in total. The van der Waals surface area contributed by atoms with Crippen molar-refractivity contribution in [1.82, 2.24) is 4.98 Å². The highest BCUT2D eigenvalue weighted by molar-refractivity contribution is 9.11. The molecule has 0 aliphatic heterocycles. The first-order valence-corrected chi connectivity index (χ1v) is 5.99. The number of pyridine rings is 1. The molecule has 5 heteroatoms. The summed E-state index contributed by atoms with van der Waals surface area (Å²) in [6, 6.07) is 7.81. The molecule has 1 aromatic carbocycles. The Morgan fingerprint density at radius 3 is 2.69 bits per heavy atom. The van der Waals surface area contributed by atoms with Crippen LogP contribution in [0.15, 0.2) is 45.5 Å². The molecule has 2 rings (SSSR count). The largest absolute Gasteiger partial charge is 0.437 e. The predicted molar refractivity (Wildman–Crippen MR) is 66.1 cm³/mol. The molecule has 1 heterocycles. The fourth-order valence-corrected chi connectivity index (χ4v) is 1.77. The van der Waals surface area contributed by atoms with E-state index in [-0.39, 0.29) is 5.82 Å². The smallest absolute Gasteiger partial charge is 0.233 e. The summed E-state index contributed by atoms with van der Waals surface area (Å²) in [5.74, 6) is 0.429. The Morgan fingerprint density at radius 2 is 1.94 bits per heavy atom. The molecule has 16 heavy (non-hydrogen) atoms. The Balaban J connectivity index is 2.34. The summed E-state index contributed by atoms with van der Waals surface area (Å²) >= 11 is 6.58. The van der Waals surface area contributed by atoms with Crippen molar-refractivity contribution in [2.24, 2.45) is 0 Å². The lowest BCUT2D eigenvalue weighted by molar-refractivity contribution is 0.452. The molecule has 0 saturated carbocycles. The number of benzene rings is 1. The molecule has 0 aliphatic rings. The Labute approximate surface area is 109 Å². The zero-order valence-electron chi connectivity index (χ0n) is 7.95. The maximum Gasteiger partial charge on any atom is 0.233 e. The molecule has 0 unspecified atom stereocenters. The van der Waals surface area contributed by atoms with E-state index in [1.807, 2.05) is 0 Å². The van der Waals surface area contributed by atoms with Gasteiger partial charge in [-0.25, -0.2) is 9.37 Å². The minimum absolute atomic E-state index is 0.356. The Kier molecular flexibility index (Phi) is 3.56. The second-order valence-electron chi connectivity index (χ2n) is 2.97. The molecule has 0 spiro atoms.